The quantitative estimate of drug-likeness (QED) is 0.870. The average Bonchev–Trinajstić information content (AvgIpc) is 2.82. The molecule has 0 radical (unpaired) electrons. The van der Waals surface area contributed by atoms with Crippen molar-refractivity contribution >= 4 is 11.6 Å². The largest absolute Gasteiger partial charge is 0.495 e. The minimum atomic E-state index is -0.0265. The summed E-state index contributed by atoms with van der Waals surface area (Å²) < 4.78 is 10.6. The van der Waals surface area contributed by atoms with Gasteiger partial charge in [-0.3, -0.25) is 4.79 Å². The number of carbonyl (C=O) groups excluding carboxylic acids is 1. The Morgan fingerprint density at radius 3 is 3.06 bits per heavy atom. The third-order valence-electron chi connectivity index (χ3n) is 2.82. The van der Waals surface area contributed by atoms with Crippen LogP contribution in [0.2, 0.25) is 0 Å². The van der Waals surface area contributed by atoms with Gasteiger partial charge in [-0.25, -0.2) is 0 Å². The number of benzene rings is 1. The number of ether oxygens (including phenoxy) is 2. The molecule has 0 saturated carbocycles. The van der Waals surface area contributed by atoms with Crippen LogP contribution in [0.1, 0.15) is 19.3 Å². The predicted octanol–water partition coefficient (Wildman–Crippen LogP) is 2.20. The smallest absolute Gasteiger partial charge is 0.227 e. The molecule has 0 aromatic heterocycles. The van der Waals surface area contributed by atoms with E-state index in [-0.39, 0.29) is 12.0 Å². The Morgan fingerprint density at radius 1 is 1.53 bits per heavy atom. The third kappa shape index (κ3) is 3.20. The summed E-state index contributed by atoms with van der Waals surface area (Å²) in [4.78, 5) is 11.8. The number of anilines is 1. The zero-order valence-corrected chi connectivity index (χ0v) is 9.94. The molecule has 1 aromatic rings. The minimum absolute atomic E-state index is 0.0265. The second kappa shape index (κ2) is 5.68. The fourth-order valence-corrected chi connectivity index (χ4v) is 1.96. The highest BCUT2D eigenvalue weighted by Gasteiger charge is 2.19. The summed E-state index contributed by atoms with van der Waals surface area (Å²) >= 11 is 0. The Hall–Kier alpha value is -1.55. The van der Waals surface area contributed by atoms with Crippen molar-refractivity contribution in [2.24, 2.45) is 0 Å². The molecule has 0 spiro atoms. The maximum absolute atomic E-state index is 11.8. The Kier molecular flexibility index (Phi) is 3.98. The fourth-order valence-electron chi connectivity index (χ4n) is 1.96. The van der Waals surface area contributed by atoms with E-state index < -0.39 is 0 Å². The van der Waals surface area contributed by atoms with Gasteiger partial charge < -0.3 is 14.8 Å². The van der Waals surface area contributed by atoms with Gasteiger partial charge in [0.2, 0.25) is 5.91 Å². The Morgan fingerprint density at radius 2 is 2.35 bits per heavy atom. The lowest BCUT2D eigenvalue weighted by atomic mass is 10.1. The van der Waals surface area contributed by atoms with Crippen molar-refractivity contribution in [3.8, 4) is 5.75 Å². The van der Waals surface area contributed by atoms with Gasteiger partial charge in [-0.1, -0.05) is 12.1 Å². The maximum Gasteiger partial charge on any atom is 0.227 e. The predicted molar refractivity (Wildman–Crippen MR) is 65.2 cm³/mol. The second-order valence-corrected chi connectivity index (χ2v) is 4.09. The molecule has 1 heterocycles. The molecular weight excluding hydrogens is 218 g/mol. The second-order valence-electron chi connectivity index (χ2n) is 4.09. The summed E-state index contributed by atoms with van der Waals surface area (Å²) in [7, 11) is 1.59. The monoisotopic (exact) mass is 235 g/mol. The summed E-state index contributed by atoms with van der Waals surface area (Å²) in [6, 6.07) is 7.38. The van der Waals surface area contributed by atoms with E-state index >= 15 is 0 Å². The molecule has 17 heavy (non-hydrogen) atoms. The first-order chi connectivity index (χ1) is 8.29. The van der Waals surface area contributed by atoms with Crippen LogP contribution in [0, 0.1) is 0 Å². The van der Waals surface area contributed by atoms with E-state index in [4.69, 9.17) is 9.47 Å². The first-order valence-corrected chi connectivity index (χ1v) is 5.84. The number of rotatable bonds is 4. The molecule has 1 aromatic carbocycles. The van der Waals surface area contributed by atoms with Crippen molar-refractivity contribution in [2.75, 3.05) is 19.0 Å². The first kappa shape index (κ1) is 11.9. The third-order valence-corrected chi connectivity index (χ3v) is 2.82. The van der Waals surface area contributed by atoms with Crippen LogP contribution in [-0.4, -0.2) is 25.7 Å². The van der Waals surface area contributed by atoms with E-state index in [1.807, 2.05) is 24.3 Å². The molecule has 1 aliphatic heterocycles. The molecule has 1 aliphatic rings. The number of methoxy groups -OCH3 is 1. The molecule has 0 unspecified atom stereocenters. The van der Waals surface area contributed by atoms with Gasteiger partial charge in [-0.05, 0) is 25.0 Å². The van der Waals surface area contributed by atoms with Gasteiger partial charge in [0.25, 0.3) is 0 Å². The van der Waals surface area contributed by atoms with E-state index in [0.29, 0.717) is 17.9 Å². The van der Waals surface area contributed by atoms with E-state index in [9.17, 15) is 4.79 Å². The minimum Gasteiger partial charge on any atom is -0.495 e. The molecule has 1 saturated heterocycles. The average molecular weight is 235 g/mol. The van der Waals surface area contributed by atoms with Crippen LogP contribution >= 0.6 is 0 Å². The standard InChI is InChI=1S/C13H17NO3/c1-16-12-7-3-2-6-11(12)14-13(15)9-10-5-4-8-17-10/h2-3,6-7,10H,4-5,8-9H2,1H3,(H,14,15)/t10-/m1/s1. The van der Waals surface area contributed by atoms with Gasteiger partial charge in [-0.2, -0.15) is 0 Å². The van der Waals surface area contributed by atoms with Crippen molar-refractivity contribution < 1.29 is 14.3 Å². The van der Waals surface area contributed by atoms with Crippen LogP contribution < -0.4 is 10.1 Å². The van der Waals surface area contributed by atoms with Crippen molar-refractivity contribution in [3.63, 3.8) is 0 Å². The molecule has 4 nitrogen and oxygen atoms in total. The van der Waals surface area contributed by atoms with Crippen LogP contribution in [0.15, 0.2) is 24.3 Å². The van der Waals surface area contributed by atoms with E-state index in [0.717, 1.165) is 19.4 Å². The Labute approximate surface area is 101 Å². The highest BCUT2D eigenvalue weighted by atomic mass is 16.5. The topological polar surface area (TPSA) is 47.6 Å². The summed E-state index contributed by atoms with van der Waals surface area (Å²) in [6.45, 7) is 0.770. The van der Waals surface area contributed by atoms with Crippen LogP contribution in [0.25, 0.3) is 0 Å². The van der Waals surface area contributed by atoms with Gasteiger partial charge in [-0.15, -0.1) is 0 Å². The zero-order valence-electron chi connectivity index (χ0n) is 9.94. The number of carbonyl (C=O) groups is 1. The van der Waals surface area contributed by atoms with E-state index in [1.54, 1.807) is 7.11 Å². The number of hydrogen-bond acceptors (Lipinski definition) is 3. The van der Waals surface area contributed by atoms with Crippen molar-refractivity contribution in [2.45, 2.75) is 25.4 Å². The summed E-state index contributed by atoms with van der Waals surface area (Å²) in [5.41, 5.74) is 0.706. The molecule has 1 atom stereocenters. The lowest BCUT2D eigenvalue weighted by Crippen LogP contribution is -2.19. The zero-order chi connectivity index (χ0) is 12.1. The van der Waals surface area contributed by atoms with Crippen LogP contribution in [0.5, 0.6) is 5.75 Å². The molecule has 1 amide bonds. The molecule has 0 aliphatic carbocycles. The highest BCUT2D eigenvalue weighted by molar-refractivity contribution is 5.92. The first-order valence-electron chi connectivity index (χ1n) is 5.84. The molecule has 1 fully saturated rings. The maximum atomic E-state index is 11.8. The van der Waals surface area contributed by atoms with Gasteiger partial charge in [0.15, 0.2) is 0 Å². The van der Waals surface area contributed by atoms with Crippen LogP contribution in [-0.2, 0) is 9.53 Å². The van der Waals surface area contributed by atoms with Gasteiger partial charge >= 0.3 is 0 Å². The molecule has 0 bridgehead atoms. The fraction of sp³-hybridized carbons (Fsp3) is 0.462. The normalized spacial score (nSPS) is 19.0. The van der Waals surface area contributed by atoms with Crippen LogP contribution in [0.4, 0.5) is 5.69 Å². The summed E-state index contributed by atoms with van der Waals surface area (Å²) in [6.07, 6.45) is 2.51. The van der Waals surface area contributed by atoms with E-state index in [2.05, 4.69) is 5.32 Å². The van der Waals surface area contributed by atoms with E-state index in [1.165, 1.54) is 0 Å². The number of hydrogen-bond donors (Lipinski definition) is 1. The van der Waals surface area contributed by atoms with Crippen molar-refractivity contribution in [3.05, 3.63) is 24.3 Å². The number of amides is 1. The number of para-hydroxylation sites is 2. The van der Waals surface area contributed by atoms with Crippen molar-refractivity contribution in [1.82, 2.24) is 0 Å². The number of nitrogens with one attached hydrogen (secondary N) is 1. The highest BCUT2D eigenvalue weighted by Crippen LogP contribution is 2.24. The molecule has 1 N–H and O–H groups in total. The summed E-state index contributed by atoms with van der Waals surface area (Å²) in [5, 5.41) is 2.84. The SMILES string of the molecule is COc1ccccc1NC(=O)C[C@H]1CCCO1. The lowest BCUT2D eigenvalue weighted by Gasteiger charge is -2.12. The van der Waals surface area contributed by atoms with Gasteiger partial charge in [0.1, 0.15) is 5.75 Å². The Balaban J connectivity index is 1.92. The molecule has 4 heteroatoms. The molecular formula is C13H17NO3. The summed E-state index contributed by atoms with van der Waals surface area (Å²) in [5.74, 6) is 0.648. The molecule has 92 valence electrons. The van der Waals surface area contributed by atoms with Gasteiger partial charge in [0, 0.05) is 6.61 Å². The molecule has 2 rings (SSSR count). The van der Waals surface area contributed by atoms with Crippen molar-refractivity contribution in [1.29, 1.82) is 0 Å². The van der Waals surface area contributed by atoms with Gasteiger partial charge in [0.05, 0.1) is 25.3 Å². The lowest BCUT2D eigenvalue weighted by molar-refractivity contribution is -0.118. The Bertz CT molecular complexity index is 386. The van der Waals surface area contributed by atoms with Crippen LogP contribution in [0.3, 0.4) is 0 Å².